The van der Waals surface area contributed by atoms with Gasteiger partial charge in [0.1, 0.15) is 11.6 Å². The molecule has 1 fully saturated rings. The monoisotopic (exact) mass is 549 g/mol. The molecule has 1 saturated heterocycles. The Bertz CT molecular complexity index is 1410. The summed E-state index contributed by atoms with van der Waals surface area (Å²) in [5.74, 6) is 1.07. The van der Waals surface area contributed by atoms with Gasteiger partial charge in [0.25, 0.3) is 0 Å². The van der Waals surface area contributed by atoms with Crippen LogP contribution in [-0.4, -0.2) is 71.1 Å². The summed E-state index contributed by atoms with van der Waals surface area (Å²) in [6, 6.07) is 11.5. The molecule has 1 aromatic carbocycles. The van der Waals surface area contributed by atoms with Crippen LogP contribution >= 0.6 is 0 Å². The number of H-pyrrole nitrogens is 1. The summed E-state index contributed by atoms with van der Waals surface area (Å²) in [5, 5.41) is 6.09. The van der Waals surface area contributed by atoms with E-state index in [2.05, 4.69) is 25.6 Å². The molecule has 0 unspecified atom stereocenters. The molecule has 11 nitrogen and oxygen atoms in total. The molecule has 210 valence electrons. The Morgan fingerprint density at radius 2 is 1.93 bits per heavy atom. The van der Waals surface area contributed by atoms with E-state index in [-0.39, 0.29) is 24.9 Å². The summed E-state index contributed by atoms with van der Waals surface area (Å²) in [7, 11) is 3.89. The van der Waals surface area contributed by atoms with Crippen molar-refractivity contribution < 1.29 is 23.1 Å². The number of imidazole rings is 1. The van der Waals surface area contributed by atoms with Gasteiger partial charge in [-0.25, -0.2) is 19.3 Å². The minimum absolute atomic E-state index is 0.129. The van der Waals surface area contributed by atoms with Crippen molar-refractivity contribution in [3.63, 3.8) is 0 Å². The highest BCUT2D eigenvalue weighted by atomic mass is 19.1. The van der Waals surface area contributed by atoms with Crippen molar-refractivity contribution in [1.82, 2.24) is 30.2 Å². The lowest BCUT2D eigenvalue weighted by atomic mass is 9.91. The normalized spacial score (nSPS) is 19.1. The molecule has 0 aliphatic carbocycles. The number of furan rings is 1. The lowest BCUT2D eigenvalue weighted by Gasteiger charge is -2.35. The van der Waals surface area contributed by atoms with Gasteiger partial charge in [0, 0.05) is 24.8 Å². The lowest BCUT2D eigenvalue weighted by Crippen LogP contribution is -2.49. The van der Waals surface area contributed by atoms with Crippen molar-refractivity contribution in [2.24, 2.45) is 5.41 Å². The molecule has 4 heterocycles. The summed E-state index contributed by atoms with van der Waals surface area (Å²) in [4.78, 5) is 31.8. The van der Waals surface area contributed by atoms with Gasteiger partial charge < -0.3 is 34.4 Å². The number of aromatic nitrogens is 4. The number of hydrogen-bond acceptors (Lipinski definition) is 9. The fourth-order valence-corrected chi connectivity index (χ4v) is 4.17. The van der Waals surface area contributed by atoms with Crippen LogP contribution in [0.4, 0.5) is 10.3 Å². The predicted octanol–water partition coefficient (Wildman–Crippen LogP) is 3.61. The molecular formula is C28H32FN7O4. The van der Waals surface area contributed by atoms with Crippen LogP contribution in [0.2, 0.25) is 0 Å². The van der Waals surface area contributed by atoms with Crippen molar-refractivity contribution in [3.05, 3.63) is 72.3 Å². The number of amides is 1. The van der Waals surface area contributed by atoms with E-state index >= 15 is 0 Å². The molecule has 40 heavy (non-hydrogen) atoms. The number of benzene rings is 1. The van der Waals surface area contributed by atoms with E-state index in [4.69, 9.17) is 18.9 Å². The Labute approximate surface area is 231 Å². The van der Waals surface area contributed by atoms with Crippen LogP contribution in [-0.2, 0) is 20.8 Å². The van der Waals surface area contributed by atoms with E-state index in [1.807, 2.05) is 38.1 Å². The molecule has 5 rings (SSSR count). The van der Waals surface area contributed by atoms with E-state index in [0.717, 1.165) is 12.3 Å². The quantitative estimate of drug-likeness (QED) is 0.272. The Hall–Kier alpha value is -4.13. The topological polar surface area (TPSA) is 130 Å². The molecule has 3 aromatic heterocycles. The molecule has 0 bridgehead atoms. The van der Waals surface area contributed by atoms with E-state index < -0.39 is 11.7 Å². The largest absolute Gasteiger partial charge is 0.467 e. The smallest absolute Gasteiger partial charge is 0.230 e. The van der Waals surface area contributed by atoms with Crippen LogP contribution in [0.5, 0.6) is 0 Å². The number of nitrogens with zero attached hydrogens (tertiary/aromatic N) is 4. The fourth-order valence-electron chi connectivity index (χ4n) is 4.17. The van der Waals surface area contributed by atoms with Crippen LogP contribution in [0, 0.1) is 11.2 Å². The number of ether oxygens (including phenoxy) is 2. The number of aromatic amines is 1. The number of hydrogen-bond donors (Lipinski definition) is 3. The number of carbonyl (C=O) groups is 1. The van der Waals surface area contributed by atoms with Gasteiger partial charge in [-0.3, -0.25) is 4.79 Å². The molecule has 1 amide bonds. The maximum atomic E-state index is 13.7. The van der Waals surface area contributed by atoms with Crippen LogP contribution in [0.15, 0.2) is 59.3 Å². The first-order valence-electron chi connectivity index (χ1n) is 12.9. The van der Waals surface area contributed by atoms with Gasteiger partial charge in [0.05, 0.1) is 48.5 Å². The SMILES string of the molecule is CN(C)CCNC(=O)C1(C)COC(c2nc(-c3ccc(F)cc3)c(-c3ccnc(NCc4ccco4)n3)[nH]2)OC1. The first kappa shape index (κ1) is 27.4. The fraction of sp³-hybridized carbons (Fsp3) is 0.357. The molecule has 0 radical (unpaired) electrons. The van der Waals surface area contributed by atoms with Gasteiger partial charge in [-0.15, -0.1) is 0 Å². The van der Waals surface area contributed by atoms with Crippen LogP contribution < -0.4 is 10.6 Å². The maximum Gasteiger partial charge on any atom is 0.230 e. The number of carbonyl (C=O) groups excluding carboxylic acids is 1. The third-order valence-electron chi connectivity index (χ3n) is 6.47. The molecule has 3 N–H and O–H groups in total. The zero-order valence-corrected chi connectivity index (χ0v) is 22.6. The molecule has 12 heteroatoms. The Balaban J connectivity index is 1.36. The van der Waals surface area contributed by atoms with E-state index in [1.165, 1.54) is 12.1 Å². The van der Waals surface area contributed by atoms with Crippen molar-refractivity contribution in [1.29, 1.82) is 0 Å². The number of rotatable bonds is 10. The summed E-state index contributed by atoms with van der Waals surface area (Å²) >= 11 is 0. The second-order valence-electron chi connectivity index (χ2n) is 10.1. The predicted molar refractivity (Wildman–Crippen MR) is 145 cm³/mol. The zero-order valence-electron chi connectivity index (χ0n) is 22.6. The highest BCUT2D eigenvalue weighted by molar-refractivity contribution is 5.82. The van der Waals surface area contributed by atoms with Gasteiger partial charge >= 0.3 is 0 Å². The number of likely N-dealkylation sites (N-methyl/N-ethyl adjacent to an activating group) is 1. The van der Waals surface area contributed by atoms with Crippen molar-refractivity contribution in [2.45, 2.75) is 19.8 Å². The average Bonchev–Trinajstić information content (AvgIpc) is 3.63. The molecule has 0 atom stereocenters. The molecular weight excluding hydrogens is 517 g/mol. The van der Waals surface area contributed by atoms with Crippen LogP contribution in [0.3, 0.4) is 0 Å². The number of halogens is 1. The molecule has 0 spiro atoms. The minimum Gasteiger partial charge on any atom is -0.467 e. The Morgan fingerprint density at radius 3 is 2.62 bits per heavy atom. The molecule has 1 aliphatic heterocycles. The summed E-state index contributed by atoms with van der Waals surface area (Å²) in [6.45, 7) is 3.80. The van der Waals surface area contributed by atoms with E-state index in [9.17, 15) is 9.18 Å². The van der Waals surface area contributed by atoms with Gasteiger partial charge in [-0.05, 0) is 63.5 Å². The standard InChI is InChI=1S/C28H32FN7O4/c1-28(26(37)30-12-13-36(2)3)16-39-25(40-17-28)24-34-22(18-6-8-19(29)9-7-18)23(35-24)21-10-11-31-27(33-21)32-15-20-5-4-14-38-20/h4-11,14,25H,12-13,15-17H2,1-3H3,(H,30,37)(H,34,35)(H,31,32,33). The first-order chi connectivity index (χ1) is 19.3. The first-order valence-corrected chi connectivity index (χ1v) is 12.9. The molecule has 1 aliphatic rings. The van der Waals surface area contributed by atoms with E-state index in [1.54, 1.807) is 30.7 Å². The average molecular weight is 550 g/mol. The summed E-state index contributed by atoms with van der Waals surface area (Å²) in [6.07, 6.45) is 2.41. The second kappa shape index (κ2) is 11.9. The van der Waals surface area contributed by atoms with Gasteiger partial charge in [-0.1, -0.05) is 0 Å². The van der Waals surface area contributed by atoms with E-state index in [0.29, 0.717) is 47.5 Å². The summed E-state index contributed by atoms with van der Waals surface area (Å²) < 4.78 is 31.0. The van der Waals surface area contributed by atoms with Gasteiger partial charge in [0.15, 0.2) is 5.82 Å². The Morgan fingerprint density at radius 1 is 1.15 bits per heavy atom. The molecule has 0 saturated carbocycles. The highest BCUT2D eigenvalue weighted by Crippen LogP contribution is 2.35. The van der Waals surface area contributed by atoms with Crippen LogP contribution in [0.1, 0.15) is 24.8 Å². The third-order valence-corrected chi connectivity index (χ3v) is 6.47. The third kappa shape index (κ3) is 6.36. The molecule has 4 aromatic rings. The van der Waals surface area contributed by atoms with Crippen molar-refractivity contribution in [2.75, 3.05) is 45.7 Å². The summed E-state index contributed by atoms with van der Waals surface area (Å²) in [5.41, 5.74) is 1.55. The number of anilines is 1. The zero-order chi connectivity index (χ0) is 28.1. The van der Waals surface area contributed by atoms with Gasteiger partial charge in [0.2, 0.25) is 18.1 Å². The maximum absolute atomic E-state index is 13.7. The Kier molecular flexibility index (Phi) is 8.19. The number of nitrogens with one attached hydrogen (secondary N) is 3. The minimum atomic E-state index is -0.834. The lowest BCUT2D eigenvalue weighted by molar-refractivity contribution is -0.231. The van der Waals surface area contributed by atoms with Crippen LogP contribution in [0.25, 0.3) is 22.6 Å². The highest BCUT2D eigenvalue weighted by Gasteiger charge is 2.40. The van der Waals surface area contributed by atoms with Crippen molar-refractivity contribution >= 4 is 11.9 Å². The van der Waals surface area contributed by atoms with Gasteiger partial charge in [-0.2, -0.15) is 0 Å². The second-order valence-corrected chi connectivity index (χ2v) is 10.1. The van der Waals surface area contributed by atoms with Crippen molar-refractivity contribution in [3.8, 4) is 22.6 Å².